The Morgan fingerprint density at radius 2 is 0.968 bits per heavy atom. The van der Waals surface area contributed by atoms with Crippen LogP contribution in [0.2, 0.25) is 0 Å². The van der Waals surface area contributed by atoms with Crippen LogP contribution in [0.5, 0.6) is 11.5 Å². The Bertz CT molecular complexity index is 1240. The van der Waals surface area contributed by atoms with Crippen LogP contribution in [0.15, 0.2) is 48.5 Å². The first-order valence-electron chi connectivity index (χ1n) is 10.2. The summed E-state index contributed by atoms with van der Waals surface area (Å²) in [5.41, 5.74) is 7.12. The highest BCUT2D eigenvalue weighted by Crippen LogP contribution is 2.36. The largest absolute Gasteiger partial charge is 0.508 e. The maximum absolute atomic E-state index is 10.7. The molecule has 0 bridgehead atoms. The lowest BCUT2D eigenvalue weighted by atomic mass is 10.0. The van der Waals surface area contributed by atoms with E-state index in [1.54, 1.807) is 19.1 Å². The summed E-state index contributed by atoms with van der Waals surface area (Å²) in [4.78, 5) is 14.2. The van der Waals surface area contributed by atoms with Gasteiger partial charge in [-0.2, -0.15) is 0 Å². The van der Waals surface area contributed by atoms with Crippen LogP contribution >= 0.6 is 0 Å². The molecule has 0 spiro atoms. The van der Waals surface area contributed by atoms with Crippen molar-refractivity contribution in [2.24, 2.45) is 0 Å². The molecule has 1 aromatic heterocycles. The van der Waals surface area contributed by atoms with Crippen molar-refractivity contribution in [3.8, 4) is 45.7 Å². The minimum atomic E-state index is -0.0376. The molecule has 0 radical (unpaired) electrons. The molecule has 0 aliphatic carbocycles. The molecule has 5 nitrogen and oxygen atoms in total. The van der Waals surface area contributed by atoms with Crippen molar-refractivity contribution in [1.29, 1.82) is 0 Å². The fraction of sp³-hybridized carbons (Fsp3) is 0.192. The van der Waals surface area contributed by atoms with Crippen LogP contribution in [-0.2, 0) is 0 Å². The van der Waals surface area contributed by atoms with E-state index in [4.69, 9.17) is 15.0 Å². The Morgan fingerprint density at radius 1 is 0.548 bits per heavy atom. The van der Waals surface area contributed by atoms with E-state index in [9.17, 15) is 10.2 Å². The maximum Gasteiger partial charge on any atom is 0.167 e. The number of benzene rings is 3. The Morgan fingerprint density at radius 3 is 1.42 bits per heavy atom. The molecule has 0 amide bonds. The molecule has 2 N–H and O–H groups in total. The van der Waals surface area contributed by atoms with E-state index in [0.29, 0.717) is 28.6 Å². The molecule has 0 aliphatic rings. The second-order valence-electron chi connectivity index (χ2n) is 8.05. The van der Waals surface area contributed by atoms with E-state index in [-0.39, 0.29) is 11.5 Å². The van der Waals surface area contributed by atoms with Crippen LogP contribution in [0.4, 0.5) is 0 Å². The van der Waals surface area contributed by atoms with Gasteiger partial charge in [-0.05, 0) is 57.9 Å². The predicted molar refractivity (Wildman–Crippen MR) is 123 cm³/mol. The highest BCUT2D eigenvalue weighted by atomic mass is 16.3. The van der Waals surface area contributed by atoms with Gasteiger partial charge in [-0.25, -0.2) is 15.0 Å². The number of phenols is 2. The first-order chi connectivity index (χ1) is 14.7. The first-order valence-corrected chi connectivity index (χ1v) is 10.2. The number of hydrogen-bond acceptors (Lipinski definition) is 5. The molecule has 4 rings (SSSR count). The summed E-state index contributed by atoms with van der Waals surface area (Å²) in [5.74, 6) is 1.44. The molecule has 31 heavy (non-hydrogen) atoms. The highest BCUT2D eigenvalue weighted by Gasteiger charge is 2.18. The lowest BCUT2D eigenvalue weighted by molar-refractivity contribution is 0.444. The smallest absolute Gasteiger partial charge is 0.167 e. The molecule has 5 heteroatoms. The molecule has 4 aromatic rings. The molecule has 156 valence electrons. The lowest BCUT2D eigenvalue weighted by Gasteiger charge is -2.13. The van der Waals surface area contributed by atoms with Gasteiger partial charge in [0.2, 0.25) is 0 Å². The van der Waals surface area contributed by atoms with Gasteiger partial charge in [-0.1, -0.05) is 47.5 Å². The van der Waals surface area contributed by atoms with E-state index in [1.165, 1.54) is 0 Å². The van der Waals surface area contributed by atoms with Gasteiger partial charge in [-0.3, -0.25) is 0 Å². The molecular weight excluding hydrogens is 386 g/mol. The summed E-state index contributed by atoms with van der Waals surface area (Å²) >= 11 is 0. The van der Waals surface area contributed by atoms with Gasteiger partial charge in [-0.15, -0.1) is 0 Å². The Labute approximate surface area is 182 Å². The molecule has 0 unspecified atom stereocenters. The average molecular weight is 412 g/mol. The van der Waals surface area contributed by atoms with Gasteiger partial charge in [0.25, 0.3) is 0 Å². The third-order valence-electron chi connectivity index (χ3n) is 5.52. The van der Waals surface area contributed by atoms with Gasteiger partial charge >= 0.3 is 0 Å². The van der Waals surface area contributed by atoms with Crippen LogP contribution in [0.25, 0.3) is 34.2 Å². The first kappa shape index (κ1) is 20.5. The zero-order valence-electron chi connectivity index (χ0n) is 18.4. The summed E-state index contributed by atoms with van der Waals surface area (Å²) in [6.07, 6.45) is 0. The van der Waals surface area contributed by atoms with E-state index < -0.39 is 0 Å². The minimum absolute atomic E-state index is 0.0273. The van der Waals surface area contributed by atoms with Gasteiger partial charge in [0, 0.05) is 16.7 Å². The van der Waals surface area contributed by atoms with Gasteiger partial charge in [0.1, 0.15) is 11.5 Å². The monoisotopic (exact) mass is 411 g/mol. The third kappa shape index (κ3) is 3.87. The molecule has 0 fully saturated rings. The second-order valence-corrected chi connectivity index (χ2v) is 8.05. The van der Waals surface area contributed by atoms with E-state index >= 15 is 0 Å². The number of aromatic nitrogens is 3. The number of hydrogen-bond donors (Lipinski definition) is 2. The van der Waals surface area contributed by atoms with Crippen LogP contribution in [0.3, 0.4) is 0 Å². The maximum atomic E-state index is 10.7. The quantitative estimate of drug-likeness (QED) is 0.444. The van der Waals surface area contributed by atoms with E-state index in [0.717, 1.165) is 33.4 Å². The number of phenolic OH excluding ortho intramolecular Hbond substituents is 2. The molecule has 0 aliphatic heterocycles. The van der Waals surface area contributed by atoms with Gasteiger partial charge in [0.05, 0.1) is 5.56 Å². The molecule has 3 aromatic carbocycles. The Kier molecular flexibility index (Phi) is 5.19. The van der Waals surface area contributed by atoms with Crippen molar-refractivity contribution in [2.75, 3.05) is 0 Å². The lowest BCUT2D eigenvalue weighted by Crippen LogP contribution is -2.02. The average Bonchev–Trinajstić information content (AvgIpc) is 2.72. The number of aromatic hydroxyl groups is 2. The zero-order chi connectivity index (χ0) is 22.3. The molecule has 0 atom stereocenters. The van der Waals surface area contributed by atoms with Crippen molar-refractivity contribution < 1.29 is 10.2 Å². The van der Waals surface area contributed by atoms with Crippen LogP contribution < -0.4 is 0 Å². The SMILES string of the molecule is Cc1ccc(-c2nc(-c3ccc(C)cc3C)nc(-c3ccc(O)c(C)c3O)n2)c(C)c1. The normalized spacial score (nSPS) is 11.0. The topological polar surface area (TPSA) is 79.1 Å². The van der Waals surface area contributed by atoms with Crippen molar-refractivity contribution in [2.45, 2.75) is 34.6 Å². The van der Waals surface area contributed by atoms with Gasteiger partial charge in [0.15, 0.2) is 17.5 Å². The fourth-order valence-electron chi connectivity index (χ4n) is 3.74. The molecular formula is C26H25N3O2. The fourth-order valence-corrected chi connectivity index (χ4v) is 3.74. The Hall–Kier alpha value is -3.73. The predicted octanol–water partition coefficient (Wildman–Crippen LogP) is 5.83. The summed E-state index contributed by atoms with van der Waals surface area (Å²) in [7, 11) is 0. The number of aryl methyl sites for hydroxylation is 4. The van der Waals surface area contributed by atoms with Crippen molar-refractivity contribution in [1.82, 2.24) is 15.0 Å². The molecule has 1 heterocycles. The van der Waals surface area contributed by atoms with E-state index in [2.05, 4.69) is 12.1 Å². The van der Waals surface area contributed by atoms with Crippen molar-refractivity contribution in [3.63, 3.8) is 0 Å². The number of rotatable bonds is 3. The minimum Gasteiger partial charge on any atom is -0.508 e. The Balaban J connectivity index is 2.00. The van der Waals surface area contributed by atoms with Crippen LogP contribution in [0, 0.1) is 34.6 Å². The van der Waals surface area contributed by atoms with Crippen LogP contribution in [0.1, 0.15) is 27.8 Å². The number of nitrogens with zero attached hydrogens (tertiary/aromatic N) is 3. The highest BCUT2D eigenvalue weighted by molar-refractivity contribution is 5.73. The van der Waals surface area contributed by atoms with Crippen molar-refractivity contribution >= 4 is 0 Å². The zero-order valence-corrected chi connectivity index (χ0v) is 18.4. The van der Waals surface area contributed by atoms with E-state index in [1.807, 2.05) is 52.0 Å². The van der Waals surface area contributed by atoms with Crippen LogP contribution in [-0.4, -0.2) is 25.2 Å². The second kappa shape index (κ2) is 7.84. The third-order valence-corrected chi connectivity index (χ3v) is 5.52. The summed E-state index contributed by atoms with van der Waals surface area (Å²) in [5, 5.41) is 20.6. The molecule has 0 saturated carbocycles. The molecule has 0 saturated heterocycles. The summed E-state index contributed by atoms with van der Waals surface area (Å²) in [6, 6.07) is 15.5. The summed E-state index contributed by atoms with van der Waals surface area (Å²) in [6.45, 7) is 9.82. The summed E-state index contributed by atoms with van der Waals surface area (Å²) < 4.78 is 0. The standard InChI is InChI=1S/C26H25N3O2/c1-14-6-8-19(16(3)12-14)24-27-25(20-9-7-15(2)13-17(20)4)29-26(28-24)21-10-11-22(30)18(5)23(21)31/h6-13,30-31H,1-5H3. The van der Waals surface area contributed by atoms with Crippen molar-refractivity contribution in [3.05, 3.63) is 76.3 Å². The van der Waals surface area contributed by atoms with Gasteiger partial charge < -0.3 is 10.2 Å².